The number of rotatable bonds is 3. The zero-order valence-electron chi connectivity index (χ0n) is 10.8. The van der Waals surface area contributed by atoms with Crippen LogP contribution in [0.15, 0.2) is 28.7 Å². The molecule has 2 rings (SSSR count). The van der Waals surface area contributed by atoms with E-state index >= 15 is 0 Å². The molecule has 0 spiro atoms. The van der Waals surface area contributed by atoms with Gasteiger partial charge in [0.15, 0.2) is 0 Å². The fourth-order valence-corrected chi connectivity index (χ4v) is 2.90. The van der Waals surface area contributed by atoms with Crippen molar-refractivity contribution >= 4 is 21.8 Å². The molecule has 1 aliphatic carbocycles. The Labute approximate surface area is 117 Å². The normalized spacial score (nSPS) is 23.7. The first-order chi connectivity index (χ1) is 8.63. The van der Waals surface area contributed by atoms with Gasteiger partial charge in [0.2, 0.25) is 5.91 Å². The summed E-state index contributed by atoms with van der Waals surface area (Å²) < 4.78 is 1.05. The number of nitrogens with one attached hydrogen (secondary N) is 1. The minimum Gasteiger partial charge on any atom is -0.353 e. The largest absolute Gasteiger partial charge is 0.353 e. The van der Waals surface area contributed by atoms with E-state index in [2.05, 4.69) is 28.2 Å². The van der Waals surface area contributed by atoms with Crippen molar-refractivity contribution in [3.63, 3.8) is 0 Å². The molecule has 1 fully saturated rings. The Hall–Kier alpha value is -0.830. The summed E-state index contributed by atoms with van der Waals surface area (Å²) in [6.45, 7) is 2.27. The second-order valence-corrected chi connectivity index (χ2v) is 6.26. The van der Waals surface area contributed by atoms with Crippen LogP contribution in [0, 0.1) is 5.92 Å². The van der Waals surface area contributed by atoms with Gasteiger partial charge in [0.25, 0.3) is 0 Å². The molecule has 2 unspecified atom stereocenters. The summed E-state index contributed by atoms with van der Waals surface area (Å²) in [6, 6.07) is 8.33. The Morgan fingerprint density at radius 2 is 2.06 bits per heavy atom. The molecule has 0 aliphatic heterocycles. The van der Waals surface area contributed by atoms with E-state index in [1.807, 2.05) is 24.3 Å². The topological polar surface area (TPSA) is 29.1 Å². The smallest absolute Gasteiger partial charge is 0.224 e. The molecule has 2 nitrogen and oxygen atoms in total. The number of halogens is 1. The minimum atomic E-state index is 0.149. The molecule has 1 aromatic carbocycles. The van der Waals surface area contributed by atoms with Crippen LogP contribution >= 0.6 is 15.9 Å². The predicted molar refractivity (Wildman–Crippen MR) is 77.4 cm³/mol. The first-order valence-electron chi connectivity index (χ1n) is 6.67. The number of amides is 1. The SMILES string of the molecule is CC1CCCC(NC(=O)Cc2ccc(Br)cc2)C1. The number of carbonyl (C=O) groups excluding carboxylic acids is 1. The quantitative estimate of drug-likeness (QED) is 0.906. The van der Waals surface area contributed by atoms with Gasteiger partial charge in [-0.2, -0.15) is 0 Å². The lowest BCUT2D eigenvalue weighted by Gasteiger charge is -2.27. The lowest BCUT2D eigenvalue weighted by Crippen LogP contribution is -2.38. The Balaban J connectivity index is 1.83. The summed E-state index contributed by atoms with van der Waals surface area (Å²) >= 11 is 3.40. The van der Waals surface area contributed by atoms with E-state index in [4.69, 9.17) is 0 Å². The van der Waals surface area contributed by atoms with Gasteiger partial charge in [0.05, 0.1) is 6.42 Å². The molecule has 2 atom stereocenters. The highest BCUT2D eigenvalue weighted by Crippen LogP contribution is 2.23. The number of carbonyl (C=O) groups is 1. The van der Waals surface area contributed by atoms with E-state index in [-0.39, 0.29) is 5.91 Å². The molecule has 1 saturated carbocycles. The summed E-state index contributed by atoms with van der Waals surface area (Å²) in [6.07, 6.45) is 5.30. The fourth-order valence-electron chi connectivity index (χ4n) is 2.63. The van der Waals surface area contributed by atoms with E-state index in [0.29, 0.717) is 12.5 Å². The van der Waals surface area contributed by atoms with Gasteiger partial charge in [0.1, 0.15) is 0 Å². The number of benzene rings is 1. The van der Waals surface area contributed by atoms with Gasteiger partial charge in [-0.3, -0.25) is 4.79 Å². The molecule has 1 aliphatic rings. The fraction of sp³-hybridized carbons (Fsp3) is 0.533. The maximum Gasteiger partial charge on any atom is 0.224 e. The van der Waals surface area contributed by atoms with Gasteiger partial charge in [-0.25, -0.2) is 0 Å². The van der Waals surface area contributed by atoms with Crippen molar-refractivity contribution in [2.45, 2.75) is 45.1 Å². The zero-order chi connectivity index (χ0) is 13.0. The van der Waals surface area contributed by atoms with Crippen molar-refractivity contribution in [2.24, 2.45) is 5.92 Å². The molecule has 3 heteroatoms. The van der Waals surface area contributed by atoms with Crippen LogP contribution in [0.25, 0.3) is 0 Å². The van der Waals surface area contributed by atoms with E-state index in [1.165, 1.54) is 12.8 Å². The monoisotopic (exact) mass is 309 g/mol. The molecule has 0 radical (unpaired) electrons. The van der Waals surface area contributed by atoms with Crippen LogP contribution in [0.3, 0.4) is 0 Å². The average molecular weight is 310 g/mol. The summed E-state index contributed by atoms with van der Waals surface area (Å²) in [7, 11) is 0. The van der Waals surface area contributed by atoms with Crippen LogP contribution in [0.1, 0.15) is 38.2 Å². The summed E-state index contributed by atoms with van der Waals surface area (Å²) in [4.78, 5) is 11.9. The van der Waals surface area contributed by atoms with Gasteiger partial charge < -0.3 is 5.32 Å². The van der Waals surface area contributed by atoms with Gasteiger partial charge >= 0.3 is 0 Å². The Morgan fingerprint density at radius 3 is 2.72 bits per heavy atom. The third-order valence-electron chi connectivity index (χ3n) is 3.58. The Bertz CT molecular complexity index is 401. The maximum atomic E-state index is 11.9. The van der Waals surface area contributed by atoms with Crippen molar-refractivity contribution in [3.8, 4) is 0 Å². The van der Waals surface area contributed by atoms with Crippen molar-refractivity contribution in [2.75, 3.05) is 0 Å². The zero-order valence-corrected chi connectivity index (χ0v) is 12.4. The van der Waals surface area contributed by atoms with Crippen LogP contribution in [0.4, 0.5) is 0 Å². The molecule has 1 amide bonds. The summed E-state index contributed by atoms with van der Waals surface area (Å²) in [5, 5.41) is 3.16. The lowest BCUT2D eigenvalue weighted by molar-refractivity contribution is -0.121. The van der Waals surface area contributed by atoms with Gasteiger partial charge in [-0.05, 0) is 36.5 Å². The highest BCUT2D eigenvalue weighted by molar-refractivity contribution is 9.10. The molecule has 1 N–H and O–H groups in total. The van der Waals surface area contributed by atoms with Gasteiger partial charge in [-0.1, -0.05) is 47.8 Å². The highest BCUT2D eigenvalue weighted by atomic mass is 79.9. The molecule has 0 saturated heterocycles. The van der Waals surface area contributed by atoms with E-state index in [1.54, 1.807) is 0 Å². The van der Waals surface area contributed by atoms with Crippen molar-refractivity contribution < 1.29 is 4.79 Å². The second-order valence-electron chi connectivity index (χ2n) is 5.34. The van der Waals surface area contributed by atoms with Crippen LogP contribution in [0.2, 0.25) is 0 Å². The standard InChI is InChI=1S/C15H20BrNO/c1-11-3-2-4-14(9-11)17-15(18)10-12-5-7-13(16)8-6-12/h5-8,11,14H,2-4,9-10H2,1H3,(H,17,18). The first-order valence-corrected chi connectivity index (χ1v) is 7.46. The van der Waals surface area contributed by atoms with E-state index in [0.717, 1.165) is 28.8 Å². The van der Waals surface area contributed by atoms with Gasteiger partial charge in [0, 0.05) is 10.5 Å². The summed E-state index contributed by atoms with van der Waals surface area (Å²) in [5.74, 6) is 0.896. The van der Waals surface area contributed by atoms with Crippen LogP contribution in [-0.4, -0.2) is 11.9 Å². The van der Waals surface area contributed by atoms with Crippen LogP contribution < -0.4 is 5.32 Å². The third kappa shape index (κ3) is 4.13. The molecular formula is C15H20BrNO. The van der Waals surface area contributed by atoms with Crippen molar-refractivity contribution in [1.29, 1.82) is 0 Å². The average Bonchev–Trinajstić information content (AvgIpc) is 2.32. The van der Waals surface area contributed by atoms with Gasteiger partial charge in [-0.15, -0.1) is 0 Å². The van der Waals surface area contributed by atoms with E-state index < -0.39 is 0 Å². The molecule has 1 aromatic rings. The van der Waals surface area contributed by atoms with Crippen molar-refractivity contribution in [1.82, 2.24) is 5.32 Å². The Kier molecular flexibility index (Phi) is 4.81. The number of hydrogen-bond acceptors (Lipinski definition) is 1. The predicted octanol–water partition coefficient (Wildman–Crippen LogP) is 3.69. The molecule has 0 heterocycles. The molecule has 0 bridgehead atoms. The third-order valence-corrected chi connectivity index (χ3v) is 4.11. The minimum absolute atomic E-state index is 0.149. The van der Waals surface area contributed by atoms with Crippen LogP contribution in [0.5, 0.6) is 0 Å². The molecular weight excluding hydrogens is 290 g/mol. The van der Waals surface area contributed by atoms with Crippen molar-refractivity contribution in [3.05, 3.63) is 34.3 Å². The number of hydrogen-bond donors (Lipinski definition) is 1. The van der Waals surface area contributed by atoms with E-state index in [9.17, 15) is 4.79 Å². The summed E-state index contributed by atoms with van der Waals surface area (Å²) in [5.41, 5.74) is 1.07. The molecule has 0 aromatic heterocycles. The second kappa shape index (κ2) is 6.37. The van der Waals surface area contributed by atoms with Crippen LogP contribution in [-0.2, 0) is 11.2 Å². The highest BCUT2D eigenvalue weighted by Gasteiger charge is 2.20. The molecule has 98 valence electrons. The maximum absolute atomic E-state index is 11.9. The first kappa shape index (κ1) is 13.6. The Morgan fingerprint density at radius 1 is 1.33 bits per heavy atom. The molecule has 18 heavy (non-hydrogen) atoms. The lowest BCUT2D eigenvalue weighted by atomic mass is 9.87.